The molecule has 0 saturated carbocycles. The minimum Gasteiger partial charge on any atom is -0.480 e. The molecule has 6 heteroatoms. The first-order chi connectivity index (χ1) is 8.31. The third-order valence-corrected chi connectivity index (χ3v) is 3.34. The number of carbonyl (C=O) groups is 2. The second-order valence-electron chi connectivity index (χ2n) is 4.59. The fourth-order valence-electron chi connectivity index (χ4n) is 1.34. The average molecular weight is 259 g/mol. The molecule has 0 aliphatic heterocycles. The van der Waals surface area contributed by atoms with Gasteiger partial charge in [0.25, 0.3) is 0 Å². The largest absolute Gasteiger partial charge is 0.480 e. The maximum Gasteiger partial charge on any atom is 0.326 e. The molecule has 0 fully saturated rings. The normalized spacial score (nSPS) is 14.1. The molecule has 2 unspecified atom stereocenters. The van der Waals surface area contributed by atoms with Crippen molar-refractivity contribution in [3.05, 3.63) is 0 Å². The molecule has 0 spiro atoms. The number of rotatable bonds is 7. The lowest BCUT2D eigenvalue weighted by molar-refractivity contribution is -0.141. The van der Waals surface area contributed by atoms with Gasteiger partial charge in [0.1, 0.15) is 6.04 Å². The molecule has 2 amide bonds. The summed E-state index contributed by atoms with van der Waals surface area (Å²) in [4.78, 5) is 25.7. The van der Waals surface area contributed by atoms with E-state index in [1.165, 1.54) is 18.9 Å². The maximum absolute atomic E-state index is 11.6. The highest BCUT2D eigenvalue weighted by atomic mass is 16.4. The Bertz CT molecular complexity index is 284. The smallest absolute Gasteiger partial charge is 0.326 e. The number of urea groups is 1. The number of carbonyl (C=O) groups excluding carboxylic acids is 1. The summed E-state index contributed by atoms with van der Waals surface area (Å²) in [5, 5.41) is 11.5. The molecular weight excluding hydrogens is 234 g/mol. The zero-order chi connectivity index (χ0) is 14.3. The van der Waals surface area contributed by atoms with Crippen LogP contribution in [-0.2, 0) is 4.79 Å². The number of carboxylic acids is 1. The molecule has 2 N–H and O–H groups in total. The van der Waals surface area contributed by atoms with Crippen molar-refractivity contribution in [1.82, 2.24) is 15.1 Å². The molecule has 0 radical (unpaired) electrons. The van der Waals surface area contributed by atoms with Crippen LogP contribution in [0.2, 0.25) is 0 Å². The van der Waals surface area contributed by atoms with E-state index >= 15 is 0 Å². The van der Waals surface area contributed by atoms with Crippen LogP contribution >= 0.6 is 0 Å². The summed E-state index contributed by atoms with van der Waals surface area (Å²) in [6.45, 7) is 6.97. The first-order valence-corrected chi connectivity index (χ1v) is 6.24. The van der Waals surface area contributed by atoms with Gasteiger partial charge in [0, 0.05) is 26.2 Å². The van der Waals surface area contributed by atoms with Crippen molar-refractivity contribution in [3.8, 4) is 0 Å². The Kier molecular flexibility index (Phi) is 7.35. The minimum absolute atomic E-state index is 0.359. The number of likely N-dealkylation sites (N-methyl/N-ethyl adjacent to an activating group) is 2. The van der Waals surface area contributed by atoms with E-state index in [1.54, 1.807) is 0 Å². The van der Waals surface area contributed by atoms with E-state index in [4.69, 9.17) is 5.11 Å². The van der Waals surface area contributed by atoms with Crippen molar-refractivity contribution < 1.29 is 14.7 Å². The van der Waals surface area contributed by atoms with E-state index in [-0.39, 0.29) is 6.03 Å². The topological polar surface area (TPSA) is 72.9 Å². The first kappa shape index (κ1) is 16.7. The molecule has 18 heavy (non-hydrogen) atoms. The molecule has 106 valence electrons. The molecule has 0 saturated heterocycles. The third-order valence-electron chi connectivity index (χ3n) is 3.34. The van der Waals surface area contributed by atoms with Gasteiger partial charge in [-0.1, -0.05) is 6.92 Å². The predicted octanol–water partition coefficient (Wildman–Crippen LogP) is 0.831. The molecular formula is C12H25N3O3. The number of amides is 2. The molecule has 0 heterocycles. The van der Waals surface area contributed by atoms with Crippen LogP contribution in [-0.4, -0.2) is 66.2 Å². The number of nitrogens with one attached hydrogen (secondary N) is 1. The lowest BCUT2D eigenvalue weighted by Crippen LogP contribution is -2.47. The SMILES string of the molecule is CCC(C)N(C)CCNC(=O)N(C)C(C)C(=O)O. The number of carboxylic acid groups (broad SMARTS) is 1. The van der Waals surface area contributed by atoms with Gasteiger partial charge in [0.2, 0.25) is 0 Å². The van der Waals surface area contributed by atoms with Gasteiger partial charge in [-0.05, 0) is 27.3 Å². The lowest BCUT2D eigenvalue weighted by Gasteiger charge is -2.25. The first-order valence-electron chi connectivity index (χ1n) is 6.24. The van der Waals surface area contributed by atoms with E-state index in [9.17, 15) is 9.59 Å². The van der Waals surface area contributed by atoms with Crippen molar-refractivity contribution in [2.45, 2.75) is 39.3 Å². The number of hydrogen-bond donors (Lipinski definition) is 2. The van der Waals surface area contributed by atoms with Gasteiger partial charge < -0.3 is 20.2 Å². The zero-order valence-electron chi connectivity index (χ0n) is 11.9. The molecule has 0 aliphatic rings. The van der Waals surface area contributed by atoms with Crippen LogP contribution in [0.3, 0.4) is 0 Å². The van der Waals surface area contributed by atoms with Gasteiger partial charge in [0.05, 0.1) is 0 Å². The Morgan fingerprint density at radius 3 is 2.28 bits per heavy atom. The standard InChI is InChI=1S/C12H25N3O3/c1-6-9(2)14(4)8-7-13-12(18)15(5)10(3)11(16)17/h9-10H,6-8H2,1-5H3,(H,13,18)(H,16,17). The highest BCUT2D eigenvalue weighted by Gasteiger charge is 2.21. The second kappa shape index (κ2) is 7.92. The second-order valence-corrected chi connectivity index (χ2v) is 4.59. The van der Waals surface area contributed by atoms with Crippen LogP contribution in [0.1, 0.15) is 27.2 Å². The summed E-state index contributed by atoms with van der Waals surface area (Å²) in [6, 6.07) is -0.711. The van der Waals surface area contributed by atoms with Crippen molar-refractivity contribution in [2.24, 2.45) is 0 Å². The van der Waals surface area contributed by atoms with Gasteiger partial charge in [-0.2, -0.15) is 0 Å². The van der Waals surface area contributed by atoms with Crippen LogP contribution in [0.5, 0.6) is 0 Å². The predicted molar refractivity (Wildman–Crippen MR) is 70.6 cm³/mol. The van der Waals surface area contributed by atoms with Crippen LogP contribution in [0.15, 0.2) is 0 Å². The molecule has 0 aliphatic carbocycles. The van der Waals surface area contributed by atoms with Gasteiger partial charge in [-0.25, -0.2) is 9.59 Å². The number of aliphatic carboxylic acids is 1. The highest BCUT2D eigenvalue weighted by molar-refractivity contribution is 5.82. The Balaban J connectivity index is 4.00. The summed E-state index contributed by atoms with van der Waals surface area (Å²) < 4.78 is 0. The summed E-state index contributed by atoms with van der Waals surface area (Å²) in [5.41, 5.74) is 0. The Morgan fingerprint density at radius 2 is 1.83 bits per heavy atom. The summed E-state index contributed by atoms with van der Waals surface area (Å²) >= 11 is 0. The van der Waals surface area contributed by atoms with E-state index in [2.05, 4.69) is 24.1 Å². The van der Waals surface area contributed by atoms with Gasteiger partial charge in [0.15, 0.2) is 0 Å². The molecule has 0 aromatic rings. The summed E-state index contributed by atoms with van der Waals surface area (Å²) in [6.07, 6.45) is 1.06. The van der Waals surface area contributed by atoms with Crippen LogP contribution in [0.4, 0.5) is 4.79 Å². The van der Waals surface area contributed by atoms with Crippen molar-refractivity contribution in [2.75, 3.05) is 27.2 Å². The maximum atomic E-state index is 11.6. The number of nitrogens with zero attached hydrogens (tertiary/aromatic N) is 2. The third kappa shape index (κ3) is 5.35. The average Bonchev–Trinajstić information content (AvgIpc) is 2.35. The molecule has 0 bridgehead atoms. The summed E-state index contributed by atoms with van der Waals surface area (Å²) in [7, 11) is 3.48. The van der Waals surface area contributed by atoms with Crippen LogP contribution in [0, 0.1) is 0 Å². The molecule has 0 aromatic carbocycles. The van der Waals surface area contributed by atoms with Gasteiger partial charge in [-0.15, -0.1) is 0 Å². The molecule has 0 rings (SSSR count). The Labute approximate surface area is 109 Å². The van der Waals surface area contributed by atoms with Crippen molar-refractivity contribution in [1.29, 1.82) is 0 Å². The molecule has 0 aromatic heterocycles. The van der Waals surface area contributed by atoms with E-state index in [0.717, 1.165) is 13.0 Å². The summed E-state index contributed by atoms with van der Waals surface area (Å²) in [5.74, 6) is -1.01. The van der Waals surface area contributed by atoms with Crippen molar-refractivity contribution in [3.63, 3.8) is 0 Å². The van der Waals surface area contributed by atoms with Crippen LogP contribution in [0.25, 0.3) is 0 Å². The lowest BCUT2D eigenvalue weighted by atomic mass is 10.2. The highest BCUT2D eigenvalue weighted by Crippen LogP contribution is 1.99. The van der Waals surface area contributed by atoms with Gasteiger partial charge >= 0.3 is 12.0 Å². The van der Waals surface area contributed by atoms with E-state index in [0.29, 0.717) is 12.6 Å². The quantitative estimate of drug-likeness (QED) is 0.710. The van der Waals surface area contributed by atoms with E-state index in [1.807, 2.05) is 7.05 Å². The monoisotopic (exact) mass is 259 g/mol. The van der Waals surface area contributed by atoms with Crippen molar-refractivity contribution >= 4 is 12.0 Å². The van der Waals surface area contributed by atoms with Gasteiger partial charge in [-0.3, -0.25) is 0 Å². The minimum atomic E-state index is -1.01. The van der Waals surface area contributed by atoms with Crippen LogP contribution < -0.4 is 5.32 Å². The van der Waals surface area contributed by atoms with E-state index < -0.39 is 12.0 Å². The zero-order valence-corrected chi connectivity index (χ0v) is 11.9. The fraction of sp³-hybridized carbons (Fsp3) is 0.833. The molecule has 2 atom stereocenters. The molecule has 6 nitrogen and oxygen atoms in total. The number of hydrogen-bond acceptors (Lipinski definition) is 3. The fourth-order valence-corrected chi connectivity index (χ4v) is 1.34. The Morgan fingerprint density at radius 1 is 1.28 bits per heavy atom. The Hall–Kier alpha value is -1.30.